The fourth-order valence-corrected chi connectivity index (χ4v) is 3.61. The zero-order chi connectivity index (χ0) is 16.1. The molecule has 1 aromatic heterocycles. The Labute approximate surface area is 135 Å². The summed E-state index contributed by atoms with van der Waals surface area (Å²) in [6, 6.07) is 3.83. The van der Waals surface area contributed by atoms with Crippen LogP contribution in [0, 0.1) is 5.92 Å². The first kappa shape index (κ1) is 17.0. The number of aliphatic hydroxyl groups excluding tert-OH is 1. The Hall–Kier alpha value is -1.40. The second-order valence-corrected chi connectivity index (χ2v) is 6.95. The van der Waals surface area contributed by atoms with Crippen LogP contribution in [-0.4, -0.2) is 60.0 Å². The number of hydrogen-bond acceptors (Lipinski definition) is 4. The Morgan fingerprint density at radius 2 is 1.95 bits per heavy atom. The minimum atomic E-state index is -0.110. The molecule has 2 rings (SSSR count). The van der Waals surface area contributed by atoms with Gasteiger partial charge in [-0.25, -0.2) is 0 Å². The molecular weight excluding hydrogens is 300 g/mol. The molecular formula is C16H24N2O3S. The highest BCUT2D eigenvalue weighted by Gasteiger charge is 2.27. The number of aliphatic hydroxyl groups is 1. The summed E-state index contributed by atoms with van der Waals surface area (Å²) in [7, 11) is 3.48. The first-order valence-corrected chi connectivity index (χ1v) is 8.56. The highest BCUT2D eigenvalue weighted by atomic mass is 32.1. The lowest BCUT2D eigenvalue weighted by Crippen LogP contribution is -2.45. The summed E-state index contributed by atoms with van der Waals surface area (Å²) in [5.41, 5.74) is 0. The van der Waals surface area contributed by atoms with E-state index in [-0.39, 0.29) is 31.0 Å². The van der Waals surface area contributed by atoms with Crippen molar-refractivity contribution in [1.29, 1.82) is 0 Å². The van der Waals surface area contributed by atoms with Crippen LogP contribution in [0.1, 0.15) is 35.4 Å². The number of thiophene rings is 1. The summed E-state index contributed by atoms with van der Waals surface area (Å²) in [6.45, 7) is 0.343. The van der Waals surface area contributed by atoms with Gasteiger partial charge in [-0.1, -0.05) is 6.07 Å². The highest BCUT2D eigenvalue weighted by Crippen LogP contribution is 2.26. The van der Waals surface area contributed by atoms with E-state index in [9.17, 15) is 14.7 Å². The van der Waals surface area contributed by atoms with E-state index < -0.39 is 0 Å². The maximum absolute atomic E-state index is 12.4. The van der Waals surface area contributed by atoms with Crippen molar-refractivity contribution in [1.82, 2.24) is 9.80 Å². The maximum atomic E-state index is 12.4. The average molecular weight is 324 g/mol. The maximum Gasteiger partial charge on any atom is 0.264 e. The van der Waals surface area contributed by atoms with Gasteiger partial charge in [0.25, 0.3) is 5.91 Å². The lowest BCUT2D eigenvalue weighted by Gasteiger charge is -2.34. The van der Waals surface area contributed by atoms with Crippen LogP contribution >= 0.6 is 11.3 Å². The molecule has 0 saturated heterocycles. The molecule has 0 unspecified atom stereocenters. The molecule has 0 radical (unpaired) electrons. The zero-order valence-corrected chi connectivity index (χ0v) is 14.0. The van der Waals surface area contributed by atoms with Gasteiger partial charge in [0.2, 0.25) is 5.91 Å². The summed E-state index contributed by atoms with van der Waals surface area (Å²) < 4.78 is 0. The van der Waals surface area contributed by atoms with E-state index in [1.807, 2.05) is 18.5 Å². The minimum Gasteiger partial charge on any atom is -0.396 e. The molecule has 5 nitrogen and oxygen atoms in total. The molecule has 0 aliphatic heterocycles. The molecule has 1 aromatic rings. The second kappa shape index (κ2) is 7.74. The van der Waals surface area contributed by atoms with Crippen molar-refractivity contribution >= 4 is 23.2 Å². The van der Waals surface area contributed by atoms with Crippen LogP contribution < -0.4 is 0 Å². The smallest absolute Gasteiger partial charge is 0.264 e. The van der Waals surface area contributed by atoms with E-state index in [1.54, 1.807) is 18.0 Å². The number of nitrogens with zero attached hydrogens (tertiary/aromatic N) is 2. The summed E-state index contributed by atoms with van der Waals surface area (Å²) in [5, 5.41) is 11.0. The summed E-state index contributed by atoms with van der Waals surface area (Å²) in [4.78, 5) is 28.4. The number of rotatable bonds is 5. The van der Waals surface area contributed by atoms with Crippen LogP contribution in [0.25, 0.3) is 0 Å². The van der Waals surface area contributed by atoms with E-state index in [0.29, 0.717) is 10.8 Å². The van der Waals surface area contributed by atoms with Gasteiger partial charge in [0.05, 0.1) is 11.4 Å². The predicted molar refractivity (Wildman–Crippen MR) is 86.9 cm³/mol. The van der Waals surface area contributed by atoms with E-state index in [1.165, 1.54) is 16.2 Å². The molecule has 1 saturated carbocycles. The molecule has 2 amide bonds. The zero-order valence-electron chi connectivity index (χ0n) is 13.2. The lowest BCUT2D eigenvalue weighted by molar-refractivity contribution is -0.133. The van der Waals surface area contributed by atoms with Crippen LogP contribution in [0.2, 0.25) is 0 Å². The van der Waals surface area contributed by atoms with Gasteiger partial charge in [0.1, 0.15) is 0 Å². The van der Waals surface area contributed by atoms with E-state index in [2.05, 4.69) is 0 Å². The third-order valence-electron chi connectivity index (χ3n) is 4.47. The van der Waals surface area contributed by atoms with Gasteiger partial charge in [0.15, 0.2) is 0 Å². The standard InChI is InChI=1S/C16H24N2O3S/c1-17(16(21)14-4-3-9-22-14)10-15(20)18(2)13-7-5-12(11-19)6-8-13/h3-4,9,12-13,19H,5-8,10-11H2,1-2H3. The Morgan fingerprint density at radius 1 is 1.27 bits per heavy atom. The highest BCUT2D eigenvalue weighted by molar-refractivity contribution is 7.12. The van der Waals surface area contributed by atoms with Gasteiger partial charge in [-0.3, -0.25) is 9.59 Å². The Morgan fingerprint density at radius 3 is 2.50 bits per heavy atom. The first-order chi connectivity index (χ1) is 10.5. The third kappa shape index (κ3) is 4.08. The summed E-state index contributed by atoms with van der Waals surface area (Å²) >= 11 is 1.39. The number of carbonyl (C=O) groups excluding carboxylic acids is 2. The molecule has 1 heterocycles. The fourth-order valence-electron chi connectivity index (χ4n) is 2.89. The molecule has 1 aliphatic rings. The van der Waals surface area contributed by atoms with Crippen molar-refractivity contribution in [2.45, 2.75) is 31.7 Å². The van der Waals surface area contributed by atoms with Crippen molar-refractivity contribution in [3.63, 3.8) is 0 Å². The van der Waals surface area contributed by atoms with Gasteiger partial charge in [0, 0.05) is 26.7 Å². The normalized spacial score (nSPS) is 21.4. The van der Waals surface area contributed by atoms with Crippen LogP contribution in [0.4, 0.5) is 0 Å². The van der Waals surface area contributed by atoms with Crippen molar-refractivity contribution in [2.75, 3.05) is 27.2 Å². The fraction of sp³-hybridized carbons (Fsp3) is 0.625. The number of hydrogen-bond donors (Lipinski definition) is 1. The molecule has 0 atom stereocenters. The van der Waals surface area contributed by atoms with Crippen LogP contribution in [-0.2, 0) is 4.79 Å². The van der Waals surface area contributed by atoms with Crippen LogP contribution in [0.5, 0.6) is 0 Å². The van der Waals surface area contributed by atoms with Crippen LogP contribution in [0.3, 0.4) is 0 Å². The SMILES string of the molecule is CN(CC(=O)N(C)C1CCC(CO)CC1)C(=O)c1cccs1. The molecule has 0 aromatic carbocycles. The quantitative estimate of drug-likeness (QED) is 0.899. The first-order valence-electron chi connectivity index (χ1n) is 7.68. The van der Waals surface area contributed by atoms with Crippen molar-refractivity contribution in [3.8, 4) is 0 Å². The molecule has 0 bridgehead atoms. The molecule has 6 heteroatoms. The number of amides is 2. The number of carbonyl (C=O) groups is 2. The van der Waals surface area contributed by atoms with E-state index in [0.717, 1.165) is 25.7 Å². The van der Waals surface area contributed by atoms with Gasteiger partial charge in [-0.2, -0.15) is 0 Å². The minimum absolute atomic E-state index is 0.0279. The molecule has 1 N–H and O–H groups in total. The molecule has 1 aliphatic carbocycles. The van der Waals surface area contributed by atoms with Crippen molar-refractivity contribution in [3.05, 3.63) is 22.4 Å². The third-order valence-corrected chi connectivity index (χ3v) is 5.32. The largest absolute Gasteiger partial charge is 0.396 e. The topological polar surface area (TPSA) is 60.9 Å². The van der Waals surface area contributed by atoms with Crippen molar-refractivity contribution in [2.24, 2.45) is 5.92 Å². The second-order valence-electron chi connectivity index (χ2n) is 6.00. The van der Waals surface area contributed by atoms with Gasteiger partial charge < -0.3 is 14.9 Å². The molecule has 22 heavy (non-hydrogen) atoms. The van der Waals surface area contributed by atoms with Gasteiger partial charge >= 0.3 is 0 Å². The van der Waals surface area contributed by atoms with E-state index >= 15 is 0 Å². The summed E-state index contributed by atoms with van der Waals surface area (Å²) in [6.07, 6.45) is 3.78. The molecule has 1 fully saturated rings. The Bertz CT molecular complexity index is 495. The summed E-state index contributed by atoms with van der Waals surface area (Å²) in [5.74, 6) is 0.239. The van der Waals surface area contributed by atoms with Crippen molar-refractivity contribution < 1.29 is 14.7 Å². The lowest BCUT2D eigenvalue weighted by atomic mass is 9.86. The van der Waals surface area contributed by atoms with E-state index in [4.69, 9.17) is 0 Å². The predicted octanol–water partition coefficient (Wildman–Crippen LogP) is 1.83. The van der Waals surface area contributed by atoms with Crippen LogP contribution in [0.15, 0.2) is 17.5 Å². The average Bonchev–Trinajstić information content (AvgIpc) is 3.07. The number of likely N-dealkylation sites (N-methyl/N-ethyl adjacent to an activating group) is 2. The Kier molecular flexibility index (Phi) is 5.97. The van der Waals surface area contributed by atoms with Gasteiger partial charge in [-0.05, 0) is 43.0 Å². The van der Waals surface area contributed by atoms with Gasteiger partial charge in [-0.15, -0.1) is 11.3 Å². The molecule has 0 spiro atoms. The molecule has 122 valence electrons. The monoisotopic (exact) mass is 324 g/mol. The Balaban J connectivity index is 1.85.